The first-order valence-corrected chi connectivity index (χ1v) is 6.95. The van der Waals surface area contributed by atoms with Crippen molar-refractivity contribution in [2.75, 3.05) is 20.4 Å². The molecule has 17 heavy (non-hydrogen) atoms. The lowest BCUT2D eigenvalue weighted by Gasteiger charge is -2.17. The zero-order valence-electron chi connectivity index (χ0n) is 10.8. The van der Waals surface area contributed by atoms with Crippen molar-refractivity contribution in [2.24, 2.45) is 0 Å². The van der Waals surface area contributed by atoms with Gasteiger partial charge in [-0.3, -0.25) is 10.1 Å². The molecule has 1 unspecified atom stereocenters. The van der Waals surface area contributed by atoms with E-state index >= 15 is 0 Å². The molecule has 0 fully saturated rings. The lowest BCUT2D eigenvalue weighted by molar-refractivity contribution is -0.130. The predicted molar refractivity (Wildman–Crippen MR) is 70.9 cm³/mol. The number of nitrogens with one attached hydrogen (secondary N) is 1. The number of hydrogen-bond donors (Lipinski definition) is 1. The Balaban J connectivity index is 2.41. The fourth-order valence-electron chi connectivity index (χ4n) is 1.47. The van der Waals surface area contributed by atoms with Gasteiger partial charge in [0.15, 0.2) is 0 Å². The molecule has 0 radical (unpaired) electrons. The van der Waals surface area contributed by atoms with E-state index in [0.29, 0.717) is 6.54 Å². The Kier molecular flexibility index (Phi) is 5.58. The number of thioether (sulfide) groups is 1. The molecule has 0 aliphatic rings. The van der Waals surface area contributed by atoms with Gasteiger partial charge >= 0.3 is 0 Å². The Bertz CT molecular complexity index is 363. The van der Waals surface area contributed by atoms with Crippen LogP contribution in [0.5, 0.6) is 0 Å². The molecule has 4 nitrogen and oxygen atoms in total. The lowest BCUT2D eigenvalue weighted by Crippen LogP contribution is -2.41. The number of carbonyl (C=O) groups is 1. The maximum absolute atomic E-state index is 11.6. The summed E-state index contributed by atoms with van der Waals surface area (Å²) in [7, 11) is 3.51. The number of furan rings is 1. The standard InChI is InChI=1S/C12H20N2O2S/c1-9(12(15)14(2)3)13-7-10-5-6-11(16-10)8-17-4/h5-6,9,13H,7-8H2,1-4H3. The first-order chi connectivity index (χ1) is 8.04. The molecule has 0 saturated carbocycles. The van der Waals surface area contributed by atoms with Crippen LogP contribution in [0, 0.1) is 0 Å². The van der Waals surface area contributed by atoms with Crippen molar-refractivity contribution in [1.82, 2.24) is 10.2 Å². The van der Waals surface area contributed by atoms with E-state index in [2.05, 4.69) is 5.32 Å². The van der Waals surface area contributed by atoms with E-state index in [0.717, 1.165) is 17.3 Å². The number of amides is 1. The molecule has 1 atom stereocenters. The van der Waals surface area contributed by atoms with Gasteiger partial charge in [0, 0.05) is 14.1 Å². The van der Waals surface area contributed by atoms with Crippen LogP contribution < -0.4 is 5.32 Å². The molecule has 0 saturated heterocycles. The fourth-order valence-corrected chi connectivity index (χ4v) is 1.91. The Labute approximate surface area is 107 Å². The number of carbonyl (C=O) groups excluding carboxylic acids is 1. The minimum Gasteiger partial charge on any atom is -0.464 e. The smallest absolute Gasteiger partial charge is 0.238 e. The van der Waals surface area contributed by atoms with Gasteiger partial charge in [0.25, 0.3) is 0 Å². The van der Waals surface area contributed by atoms with Crippen LogP contribution in [-0.4, -0.2) is 37.2 Å². The lowest BCUT2D eigenvalue weighted by atomic mass is 10.3. The normalized spacial score (nSPS) is 12.5. The number of rotatable bonds is 6. The Morgan fingerprint density at radius 2 is 2.12 bits per heavy atom. The van der Waals surface area contributed by atoms with E-state index in [1.807, 2.05) is 25.3 Å². The molecule has 5 heteroatoms. The minimum atomic E-state index is -0.195. The average molecular weight is 256 g/mol. The van der Waals surface area contributed by atoms with Crippen molar-refractivity contribution < 1.29 is 9.21 Å². The van der Waals surface area contributed by atoms with Gasteiger partial charge in [0.1, 0.15) is 11.5 Å². The van der Waals surface area contributed by atoms with Gasteiger partial charge in [-0.25, -0.2) is 0 Å². The summed E-state index contributed by atoms with van der Waals surface area (Å²) in [5, 5.41) is 3.14. The van der Waals surface area contributed by atoms with E-state index in [4.69, 9.17) is 4.42 Å². The molecule has 1 aromatic rings. The van der Waals surface area contributed by atoms with Gasteiger partial charge in [-0.1, -0.05) is 0 Å². The molecule has 1 heterocycles. The van der Waals surface area contributed by atoms with Crippen LogP contribution in [0.15, 0.2) is 16.5 Å². The topological polar surface area (TPSA) is 45.5 Å². The second-order valence-corrected chi connectivity index (χ2v) is 5.00. The van der Waals surface area contributed by atoms with Crippen molar-refractivity contribution in [3.8, 4) is 0 Å². The van der Waals surface area contributed by atoms with Gasteiger partial charge in [-0.2, -0.15) is 11.8 Å². The van der Waals surface area contributed by atoms with Gasteiger partial charge in [-0.05, 0) is 25.3 Å². The van der Waals surface area contributed by atoms with Crippen molar-refractivity contribution in [3.63, 3.8) is 0 Å². The van der Waals surface area contributed by atoms with E-state index in [1.165, 1.54) is 0 Å². The molecule has 0 aromatic carbocycles. The minimum absolute atomic E-state index is 0.0703. The third-order valence-corrected chi connectivity index (χ3v) is 2.97. The maximum Gasteiger partial charge on any atom is 0.238 e. The molecule has 1 rings (SSSR count). The number of hydrogen-bond acceptors (Lipinski definition) is 4. The third-order valence-electron chi connectivity index (χ3n) is 2.40. The summed E-state index contributed by atoms with van der Waals surface area (Å²) in [6, 6.07) is 3.73. The van der Waals surface area contributed by atoms with Crippen molar-refractivity contribution in [1.29, 1.82) is 0 Å². The second kappa shape index (κ2) is 6.71. The molecule has 1 aromatic heterocycles. The summed E-state index contributed by atoms with van der Waals surface area (Å²) in [4.78, 5) is 13.2. The first-order valence-electron chi connectivity index (χ1n) is 5.55. The highest BCUT2D eigenvalue weighted by molar-refractivity contribution is 7.97. The van der Waals surface area contributed by atoms with Crippen molar-refractivity contribution >= 4 is 17.7 Å². The van der Waals surface area contributed by atoms with Crippen LogP contribution in [0.2, 0.25) is 0 Å². The number of nitrogens with zero attached hydrogens (tertiary/aromatic N) is 1. The summed E-state index contributed by atoms with van der Waals surface area (Å²) in [6.45, 7) is 2.43. The summed E-state index contributed by atoms with van der Waals surface area (Å²) >= 11 is 1.73. The zero-order chi connectivity index (χ0) is 12.8. The zero-order valence-corrected chi connectivity index (χ0v) is 11.6. The highest BCUT2D eigenvalue weighted by Gasteiger charge is 2.14. The van der Waals surface area contributed by atoms with Crippen LogP contribution in [-0.2, 0) is 17.1 Å². The van der Waals surface area contributed by atoms with E-state index in [9.17, 15) is 4.79 Å². The third kappa shape index (κ3) is 4.44. The molecule has 1 N–H and O–H groups in total. The monoisotopic (exact) mass is 256 g/mol. The number of likely N-dealkylation sites (N-methyl/N-ethyl adjacent to an activating group) is 1. The van der Waals surface area contributed by atoms with Crippen molar-refractivity contribution in [3.05, 3.63) is 23.7 Å². The quantitative estimate of drug-likeness (QED) is 0.841. The SMILES string of the molecule is CSCc1ccc(CNC(C)C(=O)N(C)C)o1. The van der Waals surface area contributed by atoms with Crippen molar-refractivity contribution in [2.45, 2.75) is 25.3 Å². The molecule has 96 valence electrons. The van der Waals surface area contributed by atoms with Crippen LogP contribution in [0.1, 0.15) is 18.4 Å². The summed E-state index contributed by atoms with van der Waals surface area (Å²) < 4.78 is 5.61. The van der Waals surface area contributed by atoms with Crippen LogP contribution >= 0.6 is 11.8 Å². The Morgan fingerprint density at radius 1 is 1.47 bits per heavy atom. The largest absolute Gasteiger partial charge is 0.464 e. The average Bonchev–Trinajstić information content (AvgIpc) is 2.73. The predicted octanol–water partition coefficient (Wildman–Crippen LogP) is 1.71. The highest BCUT2D eigenvalue weighted by atomic mass is 32.2. The summed E-state index contributed by atoms with van der Waals surface area (Å²) in [5.74, 6) is 2.79. The fraction of sp³-hybridized carbons (Fsp3) is 0.583. The van der Waals surface area contributed by atoms with Gasteiger partial charge in [-0.15, -0.1) is 0 Å². The van der Waals surface area contributed by atoms with E-state index < -0.39 is 0 Å². The van der Waals surface area contributed by atoms with E-state index in [-0.39, 0.29) is 11.9 Å². The molecule has 0 aliphatic heterocycles. The molecular formula is C12H20N2O2S. The van der Waals surface area contributed by atoms with Crippen LogP contribution in [0.3, 0.4) is 0 Å². The summed E-state index contributed by atoms with van der Waals surface area (Å²) in [6.07, 6.45) is 2.04. The van der Waals surface area contributed by atoms with Gasteiger partial charge in [0.05, 0.1) is 18.3 Å². The Hall–Kier alpha value is -0.940. The summed E-state index contributed by atoms with van der Waals surface area (Å²) in [5.41, 5.74) is 0. The maximum atomic E-state index is 11.6. The second-order valence-electron chi connectivity index (χ2n) is 4.14. The van der Waals surface area contributed by atoms with Gasteiger partial charge in [0.2, 0.25) is 5.91 Å². The molecule has 0 aliphatic carbocycles. The van der Waals surface area contributed by atoms with E-state index in [1.54, 1.807) is 30.8 Å². The first kappa shape index (κ1) is 14.1. The van der Waals surface area contributed by atoms with Crippen LogP contribution in [0.4, 0.5) is 0 Å². The molecule has 1 amide bonds. The van der Waals surface area contributed by atoms with Crippen LogP contribution in [0.25, 0.3) is 0 Å². The van der Waals surface area contributed by atoms with Gasteiger partial charge < -0.3 is 9.32 Å². The highest BCUT2D eigenvalue weighted by Crippen LogP contribution is 2.13. The molecule has 0 spiro atoms. The Morgan fingerprint density at radius 3 is 2.71 bits per heavy atom. The molecule has 0 bridgehead atoms. The molecular weight excluding hydrogens is 236 g/mol.